The fourth-order valence-corrected chi connectivity index (χ4v) is 2.25. The first-order valence-corrected chi connectivity index (χ1v) is 5.75. The zero-order valence-electron chi connectivity index (χ0n) is 8.33. The van der Waals surface area contributed by atoms with Crippen molar-refractivity contribution >= 4 is 37.7 Å². The van der Waals surface area contributed by atoms with Gasteiger partial charge in [0, 0.05) is 26.3 Å². The molecule has 0 fully saturated rings. The highest BCUT2D eigenvalue weighted by molar-refractivity contribution is 9.10. The van der Waals surface area contributed by atoms with Crippen LogP contribution >= 0.6 is 15.9 Å². The van der Waals surface area contributed by atoms with Crippen LogP contribution < -0.4 is 5.43 Å². The Labute approximate surface area is 100 Å². The molecule has 1 heterocycles. The average molecular weight is 274 g/mol. The molecule has 0 radical (unpaired) electrons. The Kier molecular flexibility index (Phi) is 2.07. The minimum Gasteiger partial charge on any atom is -0.354 e. The van der Waals surface area contributed by atoms with Crippen molar-refractivity contribution < 1.29 is 0 Å². The van der Waals surface area contributed by atoms with Gasteiger partial charge in [-0.3, -0.25) is 4.79 Å². The van der Waals surface area contributed by atoms with Gasteiger partial charge in [-0.25, -0.2) is 0 Å². The minimum atomic E-state index is 0.0747. The molecule has 2 nitrogen and oxygen atoms in total. The van der Waals surface area contributed by atoms with Gasteiger partial charge in [0.05, 0.1) is 0 Å². The number of benzene rings is 2. The van der Waals surface area contributed by atoms with Crippen molar-refractivity contribution in [2.24, 2.45) is 0 Å². The van der Waals surface area contributed by atoms with Crippen LogP contribution in [0, 0.1) is 0 Å². The van der Waals surface area contributed by atoms with Crippen LogP contribution in [0.5, 0.6) is 0 Å². The number of fused-ring (bicyclic) bond motifs is 2. The highest BCUT2D eigenvalue weighted by atomic mass is 79.9. The third-order valence-electron chi connectivity index (χ3n) is 2.67. The van der Waals surface area contributed by atoms with Crippen molar-refractivity contribution in [3.05, 3.63) is 57.2 Å². The van der Waals surface area contributed by atoms with Crippen LogP contribution in [-0.4, -0.2) is 4.98 Å². The number of nitrogens with one attached hydrogen (secondary N) is 1. The molecule has 0 amide bonds. The Morgan fingerprint density at radius 3 is 2.56 bits per heavy atom. The number of rotatable bonds is 0. The number of hydrogen-bond donors (Lipinski definition) is 1. The van der Waals surface area contributed by atoms with Crippen molar-refractivity contribution in [2.45, 2.75) is 0 Å². The second-order valence-corrected chi connectivity index (χ2v) is 4.61. The molecule has 3 heteroatoms. The van der Waals surface area contributed by atoms with Crippen molar-refractivity contribution in [3.8, 4) is 0 Å². The molecule has 3 rings (SSSR count). The smallest absolute Gasteiger partial charge is 0.197 e. The second-order valence-electron chi connectivity index (χ2n) is 3.69. The van der Waals surface area contributed by atoms with Crippen LogP contribution in [0.25, 0.3) is 21.8 Å². The molecule has 2 aromatic carbocycles. The van der Waals surface area contributed by atoms with Gasteiger partial charge in [-0.15, -0.1) is 0 Å². The molecule has 78 valence electrons. The SMILES string of the molecule is O=c1c2ccccc2[nH]c2ccc(Br)cc12. The van der Waals surface area contributed by atoms with Crippen LogP contribution in [0.1, 0.15) is 0 Å². The molecule has 3 aromatic rings. The van der Waals surface area contributed by atoms with Crippen molar-refractivity contribution in [1.29, 1.82) is 0 Å². The van der Waals surface area contributed by atoms with E-state index in [-0.39, 0.29) is 5.43 Å². The van der Waals surface area contributed by atoms with E-state index in [1.807, 2.05) is 42.5 Å². The van der Waals surface area contributed by atoms with Crippen LogP contribution in [0.4, 0.5) is 0 Å². The Morgan fingerprint density at radius 2 is 1.69 bits per heavy atom. The predicted molar refractivity (Wildman–Crippen MR) is 69.8 cm³/mol. The number of H-pyrrole nitrogens is 1. The molecule has 0 saturated carbocycles. The predicted octanol–water partition coefficient (Wildman–Crippen LogP) is 3.44. The lowest BCUT2D eigenvalue weighted by Crippen LogP contribution is -2.03. The van der Waals surface area contributed by atoms with Gasteiger partial charge in [-0.05, 0) is 30.3 Å². The number of aromatic nitrogens is 1. The molecule has 16 heavy (non-hydrogen) atoms. The van der Waals surface area contributed by atoms with Crippen LogP contribution in [0.3, 0.4) is 0 Å². The molecule has 0 aliphatic carbocycles. The summed E-state index contributed by atoms with van der Waals surface area (Å²) in [7, 11) is 0. The van der Waals surface area contributed by atoms with Crippen molar-refractivity contribution in [2.75, 3.05) is 0 Å². The monoisotopic (exact) mass is 273 g/mol. The van der Waals surface area contributed by atoms with Gasteiger partial charge in [0.1, 0.15) is 0 Å². The fraction of sp³-hybridized carbons (Fsp3) is 0. The molecule has 1 aromatic heterocycles. The highest BCUT2D eigenvalue weighted by Crippen LogP contribution is 2.18. The van der Waals surface area contributed by atoms with Crippen LogP contribution in [0.2, 0.25) is 0 Å². The molecule has 0 bridgehead atoms. The van der Waals surface area contributed by atoms with Gasteiger partial charge in [0.15, 0.2) is 5.43 Å². The van der Waals surface area contributed by atoms with Gasteiger partial charge in [0.25, 0.3) is 0 Å². The Hall–Kier alpha value is -1.61. The highest BCUT2D eigenvalue weighted by Gasteiger charge is 2.04. The van der Waals surface area contributed by atoms with E-state index in [0.29, 0.717) is 5.39 Å². The lowest BCUT2D eigenvalue weighted by atomic mass is 10.1. The lowest BCUT2D eigenvalue weighted by Gasteiger charge is -2.02. The lowest BCUT2D eigenvalue weighted by molar-refractivity contribution is 1.47. The zero-order valence-corrected chi connectivity index (χ0v) is 9.91. The minimum absolute atomic E-state index is 0.0747. The molecule has 1 N–H and O–H groups in total. The average Bonchev–Trinajstić information content (AvgIpc) is 2.31. The summed E-state index contributed by atoms with van der Waals surface area (Å²) < 4.78 is 0.917. The number of pyridine rings is 1. The summed E-state index contributed by atoms with van der Waals surface area (Å²) in [4.78, 5) is 15.5. The molecule has 0 saturated heterocycles. The third kappa shape index (κ3) is 1.36. The van der Waals surface area contributed by atoms with E-state index < -0.39 is 0 Å². The van der Waals surface area contributed by atoms with Crippen LogP contribution in [-0.2, 0) is 0 Å². The van der Waals surface area contributed by atoms with E-state index in [0.717, 1.165) is 20.9 Å². The molecule has 0 aliphatic heterocycles. The number of halogens is 1. The van der Waals surface area contributed by atoms with E-state index in [4.69, 9.17) is 0 Å². The molecule has 0 spiro atoms. The summed E-state index contributed by atoms with van der Waals surface area (Å²) in [6.07, 6.45) is 0. The summed E-state index contributed by atoms with van der Waals surface area (Å²) in [5.74, 6) is 0. The standard InChI is InChI=1S/C13H8BrNO/c14-8-5-6-12-10(7-8)13(16)9-3-1-2-4-11(9)15-12/h1-7H,(H,15,16). The third-order valence-corrected chi connectivity index (χ3v) is 3.16. The van der Waals surface area contributed by atoms with E-state index in [2.05, 4.69) is 20.9 Å². The normalized spacial score (nSPS) is 11.1. The molecule has 0 unspecified atom stereocenters. The Bertz CT molecular complexity index is 746. The van der Waals surface area contributed by atoms with Gasteiger partial charge >= 0.3 is 0 Å². The maximum absolute atomic E-state index is 12.2. The molecule has 0 atom stereocenters. The fourth-order valence-electron chi connectivity index (χ4n) is 1.89. The number of aromatic amines is 1. The number of para-hydroxylation sites is 1. The van der Waals surface area contributed by atoms with Crippen molar-refractivity contribution in [3.63, 3.8) is 0 Å². The first-order valence-electron chi connectivity index (χ1n) is 4.96. The zero-order chi connectivity index (χ0) is 11.1. The van der Waals surface area contributed by atoms with Gasteiger partial charge in [-0.1, -0.05) is 28.1 Å². The van der Waals surface area contributed by atoms with E-state index in [9.17, 15) is 4.79 Å². The Balaban J connectivity index is 2.61. The van der Waals surface area contributed by atoms with E-state index in [1.54, 1.807) is 0 Å². The molecular formula is C13H8BrNO. The number of hydrogen-bond acceptors (Lipinski definition) is 1. The first-order chi connectivity index (χ1) is 7.75. The molecule has 0 aliphatic rings. The quantitative estimate of drug-likeness (QED) is 0.626. The van der Waals surface area contributed by atoms with Gasteiger partial charge in [-0.2, -0.15) is 0 Å². The summed E-state index contributed by atoms with van der Waals surface area (Å²) in [6.45, 7) is 0. The maximum Gasteiger partial charge on any atom is 0.197 e. The summed E-state index contributed by atoms with van der Waals surface area (Å²) in [6, 6.07) is 13.2. The Morgan fingerprint density at radius 1 is 0.938 bits per heavy atom. The summed E-state index contributed by atoms with van der Waals surface area (Å²) in [5, 5.41) is 1.45. The van der Waals surface area contributed by atoms with Gasteiger partial charge < -0.3 is 4.98 Å². The largest absolute Gasteiger partial charge is 0.354 e. The topological polar surface area (TPSA) is 32.9 Å². The summed E-state index contributed by atoms with van der Waals surface area (Å²) >= 11 is 3.38. The van der Waals surface area contributed by atoms with E-state index >= 15 is 0 Å². The first kappa shape index (κ1) is 9.60. The second kappa shape index (κ2) is 3.46. The van der Waals surface area contributed by atoms with Crippen LogP contribution in [0.15, 0.2) is 51.7 Å². The van der Waals surface area contributed by atoms with Gasteiger partial charge in [0.2, 0.25) is 0 Å². The van der Waals surface area contributed by atoms with Crippen molar-refractivity contribution in [1.82, 2.24) is 4.98 Å². The van der Waals surface area contributed by atoms with E-state index in [1.165, 1.54) is 0 Å². The molecular weight excluding hydrogens is 266 g/mol. The maximum atomic E-state index is 12.2. The summed E-state index contributed by atoms with van der Waals surface area (Å²) in [5.41, 5.74) is 1.82.